The van der Waals surface area contributed by atoms with Crippen LogP contribution in [0.25, 0.3) is 0 Å². The Bertz CT molecular complexity index is 500. The number of hydrogen-bond donors (Lipinski definition) is 5. The molecule has 5 N–H and O–H groups in total. The zero-order valence-corrected chi connectivity index (χ0v) is 11.6. The lowest BCUT2D eigenvalue weighted by Gasteiger charge is -2.39. The van der Waals surface area contributed by atoms with Crippen molar-refractivity contribution in [3.63, 3.8) is 0 Å². The zero-order chi connectivity index (χ0) is 16.3. The molecular formula is C14H18O8. The topological polar surface area (TPSA) is 137 Å². The number of Topliss-reactive ketones (excluding diaryl/α,β-unsaturated/α-hetero) is 1. The van der Waals surface area contributed by atoms with Gasteiger partial charge in [-0.25, -0.2) is 0 Å². The summed E-state index contributed by atoms with van der Waals surface area (Å²) in [5.74, 6) is -0.400. The number of ether oxygens (including phenoxy) is 2. The number of benzene rings is 1. The van der Waals surface area contributed by atoms with Crippen molar-refractivity contribution in [3.05, 3.63) is 29.8 Å². The maximum atomic E-state index is 11.9. The van der Waals surface area contributed by atoms with E-state index in [9.17, 15) is 20.1 Å². The standard InChI is InChI=1S/C14H18O8/c15-5-10-11(18)12(19)13(20)14(22-10)21-6-9(17)7-1-3-8(16)4-2-7/h1-4,10-16,18-20H,5-6H2/t10-,11-,12+,13-,14-/m1/s1. The molecule has 0 bridgehead atoms. The van der Waals surface area contributed by atoms with Crippen LogP contribution >= 0.6 is 0 Å². The van der Waals surface area contributed by atoms with Crippen LogP contribution in [0.3, 0.4) is 0 Å². The number of carbonyl (C=O) groups is 1. The van der Waals surface area contributed by atoms with Gasteiger partial charge in [0.1, 0.15) is 36.8 Å². The molecule has 5 atom stereocenters. The molecule has 0 unspecified atom stereocenters. The van der Waals surface area contributed by atoms with E-state index in [-0.39, 0.29) is 5.75 Å². The summed E-state index contributed by atoms with van der Waals surface area (Å²) < 4.78 is 10.2. The molecule has 0 spiro atoms. The summed E-state index contributed by atoms with van der Waals surface area (Å²) in [5, 5.41) is 47.2. The third-order valence-corrected chi connectivity index (χ3v) is 3.42. The first kappa shape index (κ1) is 16.8. The smallest absolute Gasteiger partial charge is 0.188 e. The highest BCUT2D eigenvalue weighted by atomic mass is 16.7. The van der Waals surface area contributed by atoms with Gasteiger partial charge in [0, 0.05) is 5.56 Å². The third-order valence-electron chi connectivity index (χ3n) is 3.42. The Hall–Kier alpha value is -1.55. The first-order valence-corrected chi connectivity index (χ1v) is 6.68. The maximum absolute atomic E-state index is 11.9. The fraction of sp³-hybridized carbons (Fsp3) is 0.500. The normalized spacial score (nSPS) is 31.9. The molecule has 0 aliphatic carbocycles. The Kier molecular flexibility index (Phi) is 5.46. The summed E-state index contributed by atoms with van der Waals surface area (Å²) >= 11 is 0. The number of aromatic hydroxyl groups is 1. The van der Waals surface area contributed by atoms with Gasteiger partial charge in [-0.1, -0.05) is 0 Å². The van der Waals surface area contributed by atoms with Crippen molar-refractivity contribution in [2.24, 2.45) is 0 Å². The van der Waals surface area contributed by atoms with E-state index in [1.807, 2.05) is 0 Å². The number of carbonyl (C=O) groups excluding carboxylic acids is 1. The molecule has 1 fully saturated rings. The molecule has 2 rings (SSSR count). The molecular weight excluding hydrogens is 296 g/mol. The lowest BCUT2D eigenvalue weighted by Crippen LogP contribution is -2.59. The lowest BCUT2D eigenvalue weighted by molar-refractivity contribution is -0.298. The number of rotatable bonds is 5. The second-order valence-corrected chi connectivity index (χ2v) is 4.98. The van der Waals surface area contributed by atoms with Gasteiger partial charge in [-0.3, -0.25) is 4.79 Å². The van der Waals surface area contributed by atoms with Crippen molar-refractivity contribution in [2.45, 2.75) is 30.7 Å². The molecule has 0 radical (unpaired) electrons. The highest BCUT2D eigenvalue weighted by Gasteiger charge is 2.44. The number of phenolic OH excluding ortho intramolecular Hbond substituents is 1. The molecule has 1 saturated heterocycles. The van der Waals surface area contributed by atoms with E-state index in [2.05, 4.69) is 0 Å². The molecule has 1 aromatic carbocycles. The van der Waals surface area contributed by atoms with Gasteiger partial charge in [-0.05, 0) is 24.3 Å². The molecule has 1 aliphatic rings. The largest absolute Gasteiger partial charge is 0.508 e. The van der Waals surface area contributed by atoms with Crippen molar-refractivity contribution in [1.29, 1.82) is 0 Å². The van der Waals surface area contributed by atoms with Gasteiger partial charge in [-0.15, -0.1) is 0 Å². The van der Waals surface area contributed by atoms with Crippen LogP contribution in [0.15, 0.2) is 24.3 Å². The van der Waals surface area contributed by atoms with E-state index in [4.69, 9.17) is 19.7 Å². The highest BCUT2D eigenvalue weighted by Crippen LogP contribution is 2.22. The summed E-state index contributed by atoms with van der Waals surface area (Å²) in [6.07, 6.45) is -7.03. The monoisotopic (exact) mass is 314 g/mol. The van der Waals surface area contributed by atoms with Crippen LogP contribution in [-0.4, -0.2) is 75.2 Å². The minimum atomic E-state index is -1.56. The number of ketones is 1. The summed E-state index contributed by atoms with van der Waals surface area (Å²) in [7, 11) is 0. The van der Waals surface area contributed by atoms with Gasteiger partial charge >= 0.3 is 0 Å². The van der Waals surface area contributed by atoms with Gasteiger partial charge in [0.15, 0.2) is 12.1 Å². The number of aliphatic hydroxyl groups is 4. The minimum Gasteiger partial charge on any atom is -0.508 e. The van der Waals surface area contributed by atoms with Crippen molar-refractivity contribution in [2.75, 3.05) is 13.2 Å². The summed E-state index contributed by atoms with van der Waals surface area (Å²) in [6.45, 7) is -1.01. The molecule has 1 aliphatic heterocycles. The first-order valence-electron chi connectivity index (χ1n) is 6.68. The molecule has 0 aromatic heterocycles. The zero-order valence-electron chi connectivity index (χ0n) is 11.6. The molecule has 122 valence electrons. The third kappa shape index (κ3) is 3.61. The van der Waals surface area contributed by atoms with Crippen LogP contribution in [0, 0.1) is 0 Å². The predicted molar refractivity (Wildman–Crippen MR) is 72.2 cm³/mol. The van der Waals surface area contributed by atoms with Crippen LogP contribution in [-0.2, 0) is 9.47 Å². The summed E-state index contributed by atoms with van der Waals surface area (Å²) in [6, 6.07) is 5.52. The second-order valence-electron chi connectivity index (χ2n) is 4.98. The van der Waals surface area contributed by atoms with Gasteiger partial charge in [0.05, 0.1) is 6.61 Å². The number of phenols is 1. The number of aliphatic hydroxyl groups excluding tert-OH is 4. The lowest BCUT2D eigenvalue weighted by atomic mass is 9.99. The average molecular weight is 314 g/mol. The van der Waals surface area contributed by atoms with Crippen molar-refractivity contribution in [1.82, 2.24) is 0 Å². The van der Waals surface area contributed by atoms with Crippen LogP contribution in [0.4, 0.5) is 0 Å². The fourth-order valence-electron chi connectivity index (χ4n) is 2.09. The Morgan fingerprint density at radius 3 is 2.32 bits per heavy atom. The van der Waals surface area contributed by atoms with E-state index >= 15 is 0 Å². The van der Waals surface area contributed by atoms with Crippen molar-refractivity contribution >= 4 is 5.78 Å². The Labute approximate surface area is 126 Å². The van der Waals surface area contributed by atoms with Crippen LogP contribution < -0.4 is 0 Å². The molecule has 1 heterocycles. The molecule has 22 heavy (non-hydrogen) atoms. The molecule has 8 heteroatoms. The van der Waals surface area contributed by atoms with E-state index < -0.39 is 49.7 Å². The van der Waals surface area contributed by atoms with E-state index in [0.717, 1.165) is 0 Å². The Morgan fingerprint density at radius 2 is 1.73 bits per heavy atom. The predicted octanol–water partition coefficient (Wildman–Crippen LogP) is -1.61. The van der Waals surface area contributed by atoms with E-state index in [0.29, 0.717) is 5.56 Å². The first-order chi connectivity index (χ1) is 10.4. The molecule has 0 saturated carbocycles. The van der Waals surface area contributed by atoms with Crippen molar-refractivity contribution in [3.8, 4) is 5.75 Å². The van der Waals surface area contributed by atoms with Gasteiger partial charge in [-0.2, -0.15) is 0 Å². The van der Waals surface area contributed by atoms with Crippen molar-refractivity contribution < 1.29 is 39.8 Å². The maximum Gasteiger partial charge on any atom is 0.188 e. The minimum absolute atomic E-state index is 0.0198. The second kappa shape index (κ2) is 7.14. The highest BCUT2D eigenvalue weighted by molar-refractivity contribution is 5.97. The van der Waals surface area contributed by atoms with Crippen LogP contribution in [0.1, 0.15) is 10.4 Å². The molecule has 0 amide bonds. The SMILES string of the molecule is O=C(CO[C@@H]1O[C@H](CO)[C@@H](O)[C@H](O)[C@H]1O)c1ccc(O)cc1. The summed E-state index contributed by atoms with van der Waals surface area (Å²) in [5.41, 5.74) is 0.294. The van der Waals surface area contributed by atoms with E-state index in [1.165, 1.54) is 24.3 Å². The van der Waals surface area contributed by atoms with Crippen LogP contribution in [0.2, 0.25) is 0 Å². The van der Waals surface area contributed by atoms with Gasteiger partial charge in [0.2, 0.25) is 0 Å². The average Bonchev–Trinajstić information content (AvgIpc) is 2.52. The fourth-order valence-corrected chi connectivity index (χ4v) is 2.09. The van der Waals surface area contributed by atoms with E-state index in [1.54, 1.807) is 0 Å². The van der Waals surface area contributed by atoms with Gasteiger partial charge in [0.25, 0.3) is 0 Å². The Morgan fingerprint density at radius 1 is 1.09 bits per heavy atom. The van der Waals surface area contributed by atoms with Gasteiger partial charge < -0.3 is 35.0 Å². The van der Waals surface area contributed by atoms with Crippen LogP contribution in [0.5, 0.6) is 5.75 Å². The molecule has 1 aromatic rings. The summed E-state index contributed by atoms with van der Waals surface area (Å²) in [4.78, 5) is 11.9. The Balaban J connectivity index is 1.95. The molecule has 8 nitrogen and oxygen atoms in total. The number of hydrogen-bond acceptors (Lipinski definition) is 8. The quantitative estimate of drug-likeness (QED) is 0.410.